The summed E-state index contributed by atoms with van der Waals surface area (Å²) in [4.78, 5) is 13.7. The molecule has 0 radical (unpaired) electrons. The lowest BCUT2D eigenvalue weighted by Crippen LogP contribution is -2.06. The van der Waals surface area contributed by atoms with E-state index in [2.05, 4.69) is 9.72 Å². The van der Waals surface area contributed by atoms with Gasteiger partial charge < -0.3 is 9.72 Å². The van der Waals surface area contributed by atoms with Gasteiger partial charge in [0.1, 0.15) is 16.4 Å². The minimum Gasteiger partial charge on any atom is -0.469 e. The molecule has 0 aliphatic heterocycles. The minimum atomic E-state index is -0.382. The van der Waals surface area contributed by atoms with Crippen molar-refractivity contribution >= 4 is 18.2 Å². The van der Waals surface area contributed by atoms with Crippen LogP contribution in [0.1, 0.15) is 11.3 Å². The molecule has 0 aromatic carbocycles. The molecule has 0 saturated carbocycles. The van der Waals surface area contributed by atoms with E-state index in [4.69, 9.17) is 17.5 Å². The van der Waals surface area contributed by atoms with Gasteiger partial charge in [0, 0.05) is 0 Å². The Hall–Kier alpha value is -1.67. The van der Waals surface area contributed by atoms with Gasteiger partial charge in [0.25, 0.3) is 0 Å². The van der Waals surface area contributed by atoms with Crippen LogP contribution >= 0.6 is 12.2 Å². The van der Waals surface area contributed by atoms with Crippen LogP contribution in [0.2, 0.25) is 0 Å². The van der Waals surface area contributed by atoms with E-state index in [0.29, 0.717) is 15.9 Å². The third-order valence-corrected chi connectivity index (χ3v) is 1.92. The zero-order valence-corrected chi connectivity index (χ0v) is 8.35. The predicted molar refractivity (Wildman–Crippen MR) is 52.1 cm³/mol. The third kappa shape index (κ3) is 2.41. The van der Waals surface area contributed by atoms with Gasteiger partial charge in [-0.3, -0.25) is 4.79 Å². The summed E-state index contributed by atoms with van der Waals surface area (Å²) in [6.07, 6.45) is 0.0749. The Bertz CT molecular complexity index is 445. The highest BCUT2D eigenvalue weighted by atomic mass is 32.1. The molecule has 1 rings (SSSR count). The molecule has 1 N–H and O–H groups in total. The van der Waals surface area contributed by atoms with E-state index < -0.39 is 0 Å². The van der Waals surface area contributed by atoms with Gasteiger partial charge >= 0.3 is 5.97 Å². The summed E-state index contributed by atoms with van der Waals surface area (Å²) in [5.41, 5.74) is 0.899. The number of ether oxygens (including phenoxy) is 1. The molecule has 14 heavy (non-hydrogen) atoms. The molecule has 1 aromatic rings. The van der Waals surface area contributed by atoms with Gasteiger partial charge in [0.15, 0.2) is 0 Å². The average Bonchev–Trinajstić information content (AvgIpc) is 2.20. The summed E-state index contributed by atoms with van der Waals surface area (Å²) in [5.74, 6) is -0.382. The molecule has 72 valence electrons. The van der Waals surface area contributed by atoms with Gasteiger partial charge in [-0.2, -0.15) is 5.26 Å². The van der Waals surface area contributed by atoms with Crippen LogP contribution in [0.4, 0.5) is 0 Å². The standard InChI is InChI=1S/C9H8N2O2S/c1-13-9(12)4-6-2-3-8(14)11-7(6)5-10/h2-3H,4H2,1H3,(H,11,14). The number of nitriles is 1. The van der Waals surface area contributed by atoms with Crippen LogP contribution in [0.15, 0.2) is 12.1 Å². The molecule has 0 atom stereocenters. The van der Waals surface area contributed by atoms with Crippen molar-refractivity contribution in [3.8, 4) is 6.07 Å². The summed E-state index contributed by atoms with van der Waals surface area (Å²) >= 11 is 4.84. The van der Waals surface area contributed by atoms with Crippen molar-refractivity contribution in [2.24, 2.45) is 0 Å². The Morgan fingerprint density at radius 1 is 1.71 bits per heavy atom. The van der Waals surface area contributed by atoms with E-state index in [1.165, 1.54) is 7.11 Å². The van der Waals surface area contributed by atoms with Crippen LogP contribution in [0, 0.1) is 16.0 Å². The zero-order chi connectivity index (χ0) is 10.6. The first-order valence-corrected chi connectivity index (χ1v) is 4.27. The summed E-state index contributed by atoms with van der Waals surface area (Å²) in [6.45, 7) is 0. The molecule has 0 spiro atoms. The first kappa shape index (κ1) is 10.4. The highest BCUT2D eigenvalue weighted by Crippen LogP contribution is 2.06. The number of methoxy groups -OCH3 is 1. The lowest BCUT2D eigenvalue weighted by atomic mass is 10.1. The summed E-state index contributed by atoms with van der Waals surface area (Å²) < 4.78 is 4.96. The van der Waals surface area contributed by atoms with Gasteiger partial charge in [-0.05, 0) is 11.6 Å². The van der Waals surface area contributed by atoms with Crippen LogP contribution in [0.25, 0.3) is 0 Å². The molecule has 0 aliphatic carbocycles. The van der Waals surface area contributed by atoms with Gasteiger partial charge in [-0.1, -0.05) is 18.3 Å². The molecule has 0 aliphatic rings. The Labute approximate surface area is 86.1 Å². The van der Waals surface area contributed by atoms with Crippen molar-refractivity contribution in [1.29, 1.82) is 5.26 Å². The maximum Gasteiger partial charge on any atom is 0.310 e. The molecule has 0 bridgehead atoms. The van der Waals surface area contributed by atoms with Crippen molar-refractivity contribution < 1.29 is 9.53 Å². The van der Waals surface area contributed by atoms with Crippen LogP contribution in [0.3, 0.4) is 0 Å². The topological polar surface area (TPSA) is 65.9 Å². The van der Waals surface area contributed by atoms with E-state index in [9.17, 15) is 4.79 Å². The first-order valence-electron chi connectivity index (χ1n) is 3.86. The monoisotopic (exact) mass is 208 g/mol. The quantitative estimate of drug-likeness (QED) is 0.588. The fourth-order valence-electron chi connectivity index (χ4n) is 0.979. The van der Waals surface area contributed by atoms with Gasteiger partial charge in [-0.25, -0.2) is 0 Å². The maximum atomic E-state index is 11.0. The van der Waals surface area contributed by atoms with Crippen molar-refractivity contribution in [2.45, 2.75) is 6.42 Å². The number of pyridine rings is 1. The highest BCUT2D eigenvalue weighted by molar-refractivity contribution is 7.71. The fraction of sp³-hybridized carbons (Fsp3) is 0.222. The van der Waals surface area contributed by atoms with Crippen LogP contribution in [-0.4, -0.2) is 18.1 Å². The lowest BCUT2D eigenvalue weighted by Gasteiger charge is -2.01. The Morgan fingerprint density at radius 3 is 3.00 bits per heavy atom. The van der Waals surface area contributed by atoms with E-state index in [1.54, 1.807) is 12.1 Å². The second-order valence-corrected chi connectivity index (χ2v) is 3.03. The normalized spacial score (nSPS) is 9.14. The molecule has 0 amide bonds. The van der Waals surface area contributed by atoms with Crippen LogP contribution < -0.4 is 0 Å². The Kier molecular flexibility index (Phi) is 3.37. The summed E-state index contributed by atoms with van der Waals surface area (Å²) in [6, 6.07) is 5.22. The molecule has 0 saturated heterocycles. The SMILES string of the molecule is COC(=O)Cc1ccc(=S)[nH]c1C#N. The second kappa shape index (κ2) is 4.53. The van der Waals surface area contributed by atoms with Crippen molar-refractivity contribution in [3.63, 3.8) is 0 Å². The number of hydrogen-bond acceptors (Lipinski definition) is 4. The molecule has 5 heteroatoms. The first-order chi connectivity index (χ1) is 6.67. The number of nitrogens with zero attached hydrogens (tertiary/aromatic N) is 1. The average molecular weight is 208 g/mol. The number of carbonyl (C=O) groups excluding carboxylic acids is 1. The van der Waals surface area contributed by atoms with Gasteiger partial charge in [0.05, 0.1) is 13.5 Å². The van der Waals surface area contributed by atoms with Gasteiger partial charge in [0.2, 0.25) is 0 Å². The minimum absolute atomic E-state index is 0.0749. The van der Waals surface area contributed by atoms with Crippen molar-refractivity contribution in [1.82, 2.24) is 4.98 Å². The van der Waals surface area contributed by atoms with Crippen molar-refractivity contribution in [3.05, 3.63) is 28.0 Å². The number of hydrogen-bond donors (Lipinski definition) is 1. The smallest absolute Gasteiger partial charge is 0.310 e. The molecule has 0 fully saturated rings. The number of rotatable bonds is 2. The molecule has 1 aromatic heterocycles. The van der Waals surface area contributed by atoms with Gasteiger partial charge in [-0.15, -0.1) is 0 Å². The van der Waals surface area contributed by atoms with Crippen LogP contribution in [-0.2, 0) is 16.0 Å². The van der Waals surface area contributed by atoms with E-state index >= 15 is 0 Å². The molecule has 0 unspecified atom stereocenters. The largest absolute Gasteiger partial charge is 0.469 e. The number of aromatic nitrogens is 1. The zero-order valence-electron chi connectivity index (χ0n) is 7.53. The third-order valence-electron chi connectivity index (χ3n) is 1.68. The van der Waals surface area contributed by atoms with E-state index in [0.717, 1.165) is 0 Å². The summed E-state index contributed by atoms with van der Waals surface area (Å²) in [7, 11) is 1.31. The maximum absolute atomic E-state index is 11.0. The molecular weight excluding hydrogens is 200 g/mol. The molecular formula is C9H8N2O2S. The second-order valence-electron chi connectivity index (χ2n) is 2.59. The predicted octanol–water partition coefficient (Wildman–Crippen LogP) is 1.33. The molecule has 4 nitrogen and oxygen atoms in total. The number of aromatic amines is 1. The Balaban J connectivity index is 3.04. The number of carbonyl (C=O) groups is 1. The van der Waals surface area contributed by atoms with E-state index in [1.807, 2.05) is 6.07 Å². The number of nitrogens with one attached hydrogen (secondary N) is 1. The van der Waals surface area contributed by atoms with E-state index in [-0.39, 0.29) is 12.4 Å². The Morgan fingerprint density at radius 2 is 2.43 bits per heavy atom. The highest BCUT2D eigenvalue weighted by Gasteiger charge is 2.07. The van der Waals surface area contributed by atoms with Crippen LogP contribution in [0.5, 0.6) is 0 Å². The lowest BCUT2D eigenvalue weighted by molar-refractivity contribution is -0.139. The summed E-state index contributed by atoms with van der Waals surface area (Å²) in [5, 5.41) is 8.75. The number of esters is 1. The van der Waals surface area contributed by atoms with Crippen molar-refractivity contribution in [2.75, 3.05) is 7.11 Å². The fourth-order valence-corrected chi connectivity index (χ4v) is 1.15. The number of H-pyrrole nitrogens is 1. The molecule has 1 heterocycles.